The van der Waals surface area contributed by atoms with Gasteiger partial charge in [-0.25, -0.2) is 0 Å². The molecule has 0 unspecified atom stereocenters. The third-order valence-corrected chi connectivity index (χ3v) is 3.44. The third kappa shape index (κ3) is 3.96. The van der Waals surface area contributed by atoms with Crippen LogP contribution in [0.4, 0.5) is 13.2 Å². The molecule has 2 aromatic rings. The largest absolute Gasteiger partial charge is 0.450 e. The van der Waals surface area contributed by atoms with Crippen LogP contribution in [0.15, 0.2) is 54.3 Å². The molecule has 0 radical (unpaired) electrons. The van der Waals surface area contributed by atoms with Gasteiger partial charge in [-0.1, -0.05) is 53.5 Å². The normalized spacial score (nSPS) is 12.8. The van der Waals surface area contributed by atoms with Crippen molar-refractivity contribution in [1.29, 1.82) is 0 Å². The van der Waals surface area contributed by atoms with Crippen molar-refractivity contribution in [3.63, 3.8) is 0 Å². The molecule has 0 aliphatic carbocycles. The van der Waals surface area contributed by atoms with Crippen molar-refractivity contribution in [2.24, 2.45) is 0 Å². The molecule has 0 N–H and O–H groups in total. The first-order valence-corrected chi connectivity index (χ1v) is 7.01. The summed E-state index contributed by atoms with van der Waals surface area (Å²) in [5.74, 6) is -1.21. The molecular weight excluding hydrogens is 336 g/mol. The number of hydrogen-bond acceptors (Lipinski definition) is 1. The van der Waals surface area contributed by atoms with Crippen molar-refractivity contribution in [3.05, 3.63) is 69.9 Å². The quantitative estimate of drug-likeness (QED) is 0.587. The van der Waals surface area contributed by atoms with Gasteiger partial charge < -0.3 is 4.74 Å². The molecule has 0 aromatic heterocycles. The molecule has 0 atom stereocenters. The van der Waals surface area contributed by atoms with E-state index in [1.54, 1.807) is 30.3 Å². The Morgan fingerprint density at radius 1 is 1.00 bits per heavy atom. The zero-order chi connectivity index (χ0) is 16.3. The van der Waals surface area contributed by atoms with Crippen LogP contribution in [0.2, 0.25) is 10.0 Å². The van der Waals surface area contributed by atoms with E-state index in [4.69, 9.17) is 27.9 Å². The summed E-state index contributed by atoms with van der Waals surface area (Å²) in [6.07, 6.45) is -4.65. The average molecular weight is 347 g/mol. The fourth-order valence-electron chi connectivity index (χ4n) is 1.83. The van der Waals surface area contributed by atoms with E-state index in [1.165, 1.54) is 25.1 Å². The molecule has 0 fully saturated rings. The maximum atomic E-state index is 13.3. The highest BCUT2D eigenvalue weighted by Gasteiger charge is 2.38. The van der Waals surface area contributed by atoms with Gasteiger partial charge in [0.1, 0.15) is 5.75 Å². The van der Waals surface area contributed by atoms with Gasteiger partial charge in [-0.15, -0.1) is 0 Å². The standard InChI is InChI=1S/C16H11Cl2F3O/c1-10(11-5-3-2-4-6-11)15(16(19,20)21)22-14-8-7-12(17)9-13(14)18/h2-9H,1H3/b15-10-. The Morgan fingerprint density at radius 3 is 2.18 bits per heavy atom. The summed E-state index contributed by atoms with van der Waals surface area (Å²) >= 11 is 11.6. The van der Waals surface area contributed by atoms with E-state index in [-0.39, 0.29) is 16.3 Å². The molecule has 2 aromatic carbocycles. The van der Waals surface area contributed by atoms with E-state index < -0.39 is 11.9 Å². The highest BCUT2D eigenvalue weighted by molar-refractivity contribution is 6.35. The van der Waals surface area contributed by atoms with Crippen molar-refractivity contribution >= 4 is 28.8 Å². The van der Waals surface area contributed by atoms with E-state index in [0.717, 1.165) is 0 Å². The van der Waals surface area contributed by atoms with Crippen LogP contribution in [0, 0.1) is 0 Å². The van der Waals surface area contributed by atoms with Crippen LogP contribution < -0.4 is 4.74 Å². The molecule has 0 amide bonds. The summed E-state index contributed by atoms with van der Waals surface area (Å²) in [4.78, 5) is 0. The minimum Gasteiger partial charge on any atom is -0.450 e. The zero-order valence-electron chi connectivity index (χ0n) is 11.4. The number of ether oxygens (including phenoxy) is 1. The SMILES string of the molecule is C/C(=C(/Oc1ccc(Cl)cc1Cl)C(F)(F)F)c1ccccc1. The summed E-state index contributed by atoms with van der Waals surface area (Å²) < 4.78 is 44.9. The number of alkyl halides is 3. The van der Waals surface area contributed by atoms with Gasteiger partial charge in [-0.05, 0) is 30.7 Å². The lowest BCUT2D eigenvalue weighted by Crippen LogP contribution is -2.19. The summed E-state index contributed by atoms with van der Waals surface area (Å²) in [6, 6.07) is 12.2. The van der Waals surface area contributed by atoms with Gasteiger partial charge in [0.05, 0.1) is 5.02 Å². The van der Waals surface area contributed by atoms with Gasteiger partial charge in [-0.3, -0.25) is 0 Å². The summed E-state index contributed by atoms with van der Waals surface area (Å²) in [6.45, 7) is 1.35. The van der Waals surface area contributed by atoms with Crippen LogP contribution in [0.25, 0.3) is 5.57 Å². The van der Waals surface area contributed by atoms with E-state index in [9.17, 15) is 13.2 Å². The maximum absolute atomic E-state index is 13.3. The average Bonchev–Trinajstić information content (AvgIpc) is 2.45. The van der Waals surface area contributed by atoms with E-state index in [0.29, 0.717) is 10.6 Å². The Hall–Kier alpha value is -1.65. The number of halogens is 5. The van der Waals surface area contributed by atoms with E-state index in [2.05, 4.69) is 0 Å². The molecular formula is C16H11Cl2F3O. The first-order chi connectivity index (χ1) is 10.3. The van der Waals surface area contributed by atoms with Crippen LogP contribution in [0.5, 0.6) is 5.75 Å². The minimum atomic E-state index is -4.65. The molecule has 0 spiro atoms. The Labute approximate surface area is 135 Å². The van der Waals surface area contributed by atoms with Crippen molar-refractivity contribution in [3.8, 4) is 5.75 Å². The first-order valence-electron chi connectivity index (χ1n) is 6.25. The van der Waals surface area contributed by atoms with Crippen LogP contribution in [0.3, 0.4) is 0 Å². The predicted octanol–water partition coefficient (Wildman–Crippen LogP) is 6.37. The fraction of sp³-hybridized carbons (Fsp3) is 0.125. The minimum absolute atomic E-state index is 0.00936. The summed E-state index contributed by atoms with van der Waals surface area (Å²) in [5.41, 5.74) is 0.388. The molecule has 0 aliphatic rings. The van der Waals surface area contributed by atoms with Gasteiger partial charge in [0.25, 0.3) is 0 Å². The Morgan fingerprint density at radius 2 is 1.64 bits per heavy atom. The second kappa shape index (κ2) is 6.63. The lowest BCUT2D eigenvalue weighted by atomic mass is 10.1. The van der Waals surface area contributed by atoms with Gasteiger partial charge in [0.15, 0.2) is 0 Å². The lowest BCUT2D eigenvalue weighted by Gasteiger charge is -2.17. The van der Waals surface area contributed by atoms with Gasteiger partial charge in [0.2, 0.25) is 5.76 Å². The molecule has 0 aliphatic heterocycles. The monoisotopic (exact) mass is 346 g/mol. The van der Waals surface area contributed by atoms with Crippen LogP contribution in [0.1, 0.15) is 12.5 Å². The van der Waals surface area contributed by atoms with Gasteiger partial charge >= 0.3 is 6.18 Å². The van der Waals surface area contributed by atoms with Gasteiger partial charge in [-0.2, -0.15) is 13.2 Å². The van der Waals surface area contributed by atoms with E-state index in [1.807, 2.05) is 0 Å². The second-order valence-corrected chi connectivity index (χ2v) is 5.34. The second-order valence-electron chi connectivity index (χ2n) is 4.49. The Kier molecular flexibility index (Phi) is 5.04. The van der Waals surface area contributed by atoms with Crippen molar-refractivity contribution in [2.75, 3.05) is 0 Å². The molecule has 6 heteroatoms. The predicted molar refractivity (Wildman–Crippen MR) is 82.2 cm³/mol. The number of rotatable bonds is 3. The molecule has 1 nitrogen and oxygen atoms in total. The smallest absolute Gasteiger partial charge is 0.449 e. The number of allylic oxidation sites excluding steroid dienone is 2. The van der Waals surface area contributed by atoms with E-state index >= 15 is 0 Å². The zero-order valence-corrected chi connectivity index (χ0v) is 12.9. The van der Waals surface area contributed by atoms with Crippen LogP contribution in [-0.4, -0.2) is 6.18 Å². The topological polar surface area (TPSA) is 9.23 Å². The highest BCUT2D eigenvalue weighted by atomic mass is 35.5. The summed E-state index contributed by atoms with van der Waals surface area (Å²) in [7, 11) is 0. The molecule has 22 heavy (non-hydrogen) atoms. The molecule has 0 heterocycles. The van der Waals surface area contributed by atoms with Crippen LogP contribution in [-0.2, 0) is 0 Å². The van der Waals surface area contributed by atoms with Gasteiger partial charge in [0, 0.05) is 10.6 Å². The summed E-state index contributed by atoms with van der Waals surface area (Å²) in [5, 5.41) is 0.324. The molecule has 0 bridgehead atoms. The maximum Gasteiger partial charge on any atom is 0.449 e. The number of hydrogen-bond donors (Lipinski definition) is 0. The molecule has 0 saturated carbocycles. The van der Waals surface area contributed by atoms with Crippen molar-refractivity contribution in [1.82, 2.24) is 0 Å². The third-order valence-electron chi connectivity index (χ3n) is 2.91. The molecule has 116 valence electrons. The Balaban J connectivity index is 2.48. The fourth-order valence-corrected chi connectivity index (χ4v) is 2.28. The number of benzene rings is 2. The lowest BCUT2D eigenvalue weighted by molar-refractivity contribution is -0.115. The first kappa shape index (κ1) is 16.7. The molecule has 0 saturated heterocycles. The molecule has 2 rings (SSSR count). The van der Waals surface area contributed by atoms with Crippen LogP contribution >= 0.6 is 23.2 Å². The Bertz CT molecular complexity index is 694. The van der Waals surface area contributed by atoms with Crippen molar-refractivity contribution in [2.45, 2.75) is 13.1 Å². The highest BCUT2D eigenvalue weighted by Crippen LogP contribution is 2.37. The van der Waals surface area contributed by atoms with Crippen molar-refractivity contribution < 1.29 is 17.9 Å².